The van der Waals surface area contributed by atoms with Gasteiger partial charge in [0.25, 0.3) is 0 Å². The van der Waals surface area contributed by atoms with E-state index in [2.05, 4.69) is 68.5 Å². The van der Waals surface area contributed by atoms with Gasteiger partial charge in [-0.3, -0.25) is 4.98 Å². The van der Waals surface area contributed by atoms with Crippen LogP contribution >= 0.6 is 0 Å². The first-order chi connectivity index (χ1) is 17.8. The van der Waals surface area contributed by atoms with Gasteiger partial charge in [0.05, 0.1) is 6.20 Å². The Labute approximate surface area is 205 Å². The smallest absolute Gasteiger partial charge is 0.228 e. The molecule has 170 valence electrons. The van der Waals surface area contributed by atoms with E-state index in [1.807, 2.05) is 42.5 Å². The molecule has 0 bridgehead atoms. The Morgan fingerprint density at radius 1 is 0.500 bits per heavy atom. The van der Waals surface area contributed by atoms with Gasteiger partial charge < -0.3 is 8.83 Å². The SMILES string of the molecule is c1cc(-c2ccc(-c3cccc(-c4nc5ncccc5o4)c3)cc2)cc(-c2nc3cnccc3o2)c1. The highest BCUT2D eigenvalue weighted by Crippen LogP contribution is 2.31. The third-order valence-electron chi connectivity index (χ3n) is 6.13. The molecule has 0 spiro atoms. The van der Waals surface area contributed by atoms with Crippen LogP contribution in [0.1, 0.15) is 0 Å². The Morgan fingerprint density at radius 3 is 1.81 bits per heavy atom. The normalized spacial score (nSPS) is 11.3. The summed E-state index contributed by atoms with van der Waals surface area (Å²) >= 11 is 0. The molecule has 7 aromatic rings. The molecule has 0 aliphatic carbocycles. The molecule has 0 saturated carbocycles. The van der Waals surface area contributed by atoms with Crippen LogP contribution < -0.4 is 0 Å². The molecule has 4 aromatic heterocycles. The standard InChI is InChI=1S/C30H18N4O2/c1-4-21(16-23(6-1)29-33-25-18-31-15-13-26(25)35-29)19-9-11-20(12-10-19)22-5-2-7-24(17-22)30-34-28-27(36-30)8-3-14-32-28/h1-18H. The van der Waals surface area contributed by atoms with Crippen LogP contribution in [0.2, 0.25) is 0 Å². The molecule has 6 heteroatoms. The summed E-state index contributed by atoms with van der Waals surface area (Å²) in [7, 11) is 0. The van der Waals surface area contributed by atoms with Crippen molar-refractivity contribution in [3.05, 3.63) is 110 Å². The predicted octanol–water partition coefficient (Wildman–Crippen LogP) is 7.43. The molecule has 0 radical (unpaired) electrons. The van der Waals surface area contributed by atoms with E-state index in [1.54, 1.807) is 18.6 Å². The fraction of sp³-hybridized carbons (Fsp3) is 0. The van der Waals surface area contributed by atoms with E-state index in [1.165, 1.54) is 0 Å². The summed E-state index contributed by atoms with van der Waals surface area (Å²) in [4.78, 5) is 17.5. The van der Waals surface area contributed by atoms with Gasteiger partial charge in [0, 0.05) is 29.6 Å². The van der Waals surface area contributed by atoms with Gasteiger partial charge in [0.1, 0.15) is 5.52 Å². The van der Waals surface area contributed by atoms with Crippen molar-refractivity contribution < 1.29 is 8.83 Å². The van der Waals surface area contributed by atoms with Crippen molar-refractivity contribution in [2.45, 2.75) is 0 Å². The van der Waals surface area contributed by atoms with Gasteiger partial charge in [-0.05, 0) is 58.7 Å². The van der Waals surface area contributed by atoms with Gasteiger partial charge in [-0.2, -0.15) is 4.98 Å². The molecule has 0 aliphatic heterocycles. The minimum Gasteiger partial charge on any atom is -0.436 e. The number of benzene rings is 3. The van der Waals surface area contributed by atoms with Crippen molar-refractivity contribution in [1.82, 2.24) is 19.9 Å². The second kappa shape index (κ2) is 8.29. The highest BCUT2D eigenvalue weighted by Gasteiger charge is 2.11. The molecule has 0 N–H and O–H groups in total. The van der Waals surface area contributed by atoms with E-state index in [0.29, 0.717) is 23.0 Å². The number of fused-ring (bicyclic) bond motifs is 2. The van der Waals surface area contributed by atoms with Crippen LogP contribution in [0.5, 0.6) is 0 Å². The average molecular weight is 467 g/mol. The maximum absolute atomic E-state index is 5.92. The molecule has 0 fully saturated rings. The second-order valence-electron chi connectivity index (χ2n) is 8.45. The summed E-state index contributed by atoms with van der Waals surface area (Å²) < 4.78 is 11.8. The van der Waals surface area contributed by atoms with Gasteiger partial charge in [0.15, 0.2) is 16.8 Å². The first-order valence-electron chi connectivity index (χ1n) is 11.5. The van der Waals surface area contributed by atoms with Crippen molar-refractivity contribution in [3.63, 3.8) is 0 Å². The Balaban J connectivity index is 1.19. The topological polar surface area (TPSA) is 77.8 Å². The van der Waals surface area contributed by atoms with E-state index < -0.39 is 0 Å². The largest absolute Gasteiger partial charge is 0.436 e. The molecule has 4 heterocycles. The van der Waals surface area contributed by atoms with Gasteiger partial charge in [-0.1, -0.05) is 48.5 Å². The monoisotopic (exact) mass is 466 g/mol. The molecule has 6 nitrogen and oxygen atoms in total. The lowest BCUT2D eigenvalue weighted by Gasteiger charge is -2.07. The number of hydrogen-bond donors (Lipinski definition) is 0. The van der Waals surface area contributed by atoms with E-state index in [4.69, 9.17) is 8.83 Å². The molecule has 0 saturated heterocycles. The maximum atomic E-state index is 5.92. The Morgan fingerprint density at radius 2 is 1.14 bits per heavy atom. The third-order valence-corrected chi connectivity index (χ3v) is 6.13. The summed E-state index contributed by atoms with van der Waals surface area (Å²) in [5, 5.41) is 0. The number of nitrogens with zero attached hydrogens (tertiary/aromatic N) is 4. The third kappa shape index (κ3) is 3.61. The quantitative estimate of drug-likeness (QED) is 0.268. The minimum atomic E-state index is 0.564. The summed E-state index contributed by atoms with van der Waals surface area (Å²) in [6.45, 7) is 0. The molecule has 0 amide bonds. The molecule has 36 heavy (non-hydrogen) atoms. The number of rotatable bonds is 4. The molecular formula is C30H18N4O2. The maximum Gasteiger partial charge on any atom is 0.228 e. The minimum absolute atomic E-state index is 0.564. The average Bonchev–Trinajstić information content (AvgIpc) is 3.58. The Kier molecular flexibility index (Phi) is 4.67. The van der Waals surface area contributed by atoms with Crippen LogP contribution in [-0.4, -0.2) is 19.9 Å². The van der Waals surface area contributed by atoms with Crippen molar-refractivity contribution in [3.8, 4) is 45.2 Å². The van der Waals surface area contributed by atoms with Crippen LogP contribution in [0.4, 0.5) is 0 Å². The summed E-state index contributed by atoms with van der Waals surface area (Å²) in [5.41, 5.74) is 9.00. The second-order valence-corrected chi connectivity index (χ2v) is 8.45. The summed E-state index contributed by atoms with van der Waals surface area (Å²) in [6.07, 6.45) is 5.13. The van der Waals surface area contributed by atoms with Crippen LogP contribution in [0.25, 0.3) is 67.5 Å². The van der Waals surface area contributed by atoms with Crippen molar-refractivity contribution in [2.75, 3.05) is 0 Å². The van der Waals surface area contributed by atoms with E-state index in [0.717, 1.165) is 44.5 Å². The van der Waals surface area contributed by atoms with Gasteiger partial charge in [-0.25, -0.2) is 9.97 Å². The molecule has 0 unspecified atom stereocenters. The van der Waals surface area contributed by atoms with E-state index >= 15 is 0 Å². The van der Waals surface area contributed by atoms with Crippen LogP contribution in [0, 0.1) is 0 Å². The predicted molar refractivity (Wildman–Crippen MR) is 139 cm³/mol. The van der Waals surface area contributed by atoms with Crippen LogP contribution in [-0.2, 0) is 0 Å². The fourth-order valence-corrected chi connectivity index (χ4v) is 4.31. The fourth-order valence-electron chi connectivity index (χ4n) is 4.31. The number of oxazole rings is 2. The van der Waals surface area contributed by atoms with Crippen LogP contribution in [0.15, 0.2) is 118 Å². The van der Waals surface area contributed by atoms with Gasteiger partial charge in [0.2, 0.25) is 11.8 Å². The zero-order valence-corrected chi connectivity index (χ0v) is 19.0. The number of aromatic nitrogens is 4. The summed E-state index contributed by atoms with van der Waals surface area (Å²) in [5.74, 6) is 1.15. The van der Waals surface area contributed by atoms with Crippen LogP contribution in [0.3, 0.4) is 0 Å². The first kappa shape index (κ1) is 20.3. The van der Waals surface area contributed by atoms with Gasteiger partial charge in [-0.15, -0.1) is 0 Å². The highest BCUT2D eigenvalue weighted by molar-refractivity contribution is 5.79. The zero-order chi connectivity index (χ0) is 23.9. The van der Waals surface area contributed by atoms with Gasteiger partial charge >= 0.3 is 0 Å². The van der Waals surface area contributed by atoms with E-state index in [-0.39, 0.29) is 0 Å². The summed E-state index contributed by atoms with van der Waals surface area (Å²) in [6, 6.07) is 30.4. The Bertz CT molecular complexity index is 1650. The lowest BCUT2D eigenvalue weighted by Crippen LogP contribution is -1.84. The molecular weight excluding hydrogens is 448 g/mol. The molecule has 7 rings (SSSR count). The van der Waals surface area contributed by atoms with E-state index in [9.17, 15) is 0 Å². The lowest BCUT2D eigenvalue weighted by molar-refractivity contribution is 0.619. The molecule has 3 aromatic carbocycles. The van der Waals surface area contributed by atoms with Crippen molar-refractivity contribution in [2.24, 2.45) is 0 Å². The van der Waals surface area contributed by atoms with Crippen molar-refractivity contribution in [1.29, 1.82) is 0 Å². The number of hydrogen-bond acceptors (Lipinski definition) is 6. The van der Waals surface area contributed by atoms with Crippen molar-refractivity contribution >= 4 is 22.3 Å². The molecule has 0 aliphatic rings. The lowest BCUT2D eigenvalue weighted by atomic mass is 9.98. The zero-order valence-electron chi connectivity index (χ0n) is 19.0. The first-order valence-corrected chi connectivity index (χ1v) is 11.5. The Hall–Kier alpha value is -5.10. The number of pyridine rings is 2. The highest BCUT2D eigenvalue weighted by atomic mass is 16.4. The molecule has 0 atom stereocenters.